The van der Waals surface area contributed by atoms with E-state index in [0.29, 0.717) is 0 Å². The zero-order chi connectivity index (χ0) is 18.8. The smallest absolute Gasteiger partial charge is 0.0662 e. The Hall–Kier alpha value is -3.19. The van der Waals surface area contributed by atoms with E-state index in [9.17, 15) is 0 Å². The fourth-order valence-corrected chi connectivity index (χ4v) is 3.65. The molecule has 4 aromatic rings. The zero-order valence-corrected chi connectivity index (χ0v) is 16.0. The van der Waals surface area contributed by atoms with Gasteiger partial charge in [0.25, 0.3) is 0 Å². The first-order valence-corrected chi connectivity index (χ1v) is 9.34. The van der Waals surface area contributed by atoms with E-state index in [1.807, 2.05) is 6.07 Å². The van der Waals surface area contributed by atoms with Crippen LogP contribution in [0.25, 0.3) is 21.9 Å². The lowest BCUT2D eigenvalue weighted by Gasteiger charge is -2.16. The monoisotopic (exact) mass is 349 g/mol. The molecule has 0 radical (unpaired) electrons. The van der Waals surface area contributed by atoms with E-state index >= 15 is 0 Å². The number of hydrogen-bond acceptors (Lipinski definition) is 1. The van der Waals surface area contributed by atoms with Crippen LogP contribution in [0.4, 0.5) is 5.69 Å². The molecule has 27 heavy (non-hydrogen) atoms. The summed E-state index contributed by atoms with van der Waals surface area (Å²) in [5, 5.41) is 2.52. The number of nitrogens with zero attached hydrogens (tertiary/aromatic N) is 1. The van der Waals surface area contributed by atoms with Crippen LogP contribution >= 0.6 is 0 Å². The van der Waals surface area contributed by atoms with Crippen LogP contribution in [0, 0.1) is 13.8 Å². The summed E-state index contributed by atoms with van der Waals surface area (Å²) in [6, 6.07) is 29.9. The maximum Gasteiger partial charge on any atom is 0.0662 e. The minimum Gasteiger partial charge on any atom is -0.253 e. The number of aryl methyl sites for hydroxylation is 2. The molecule has 1 nitrogen and oxygen atoms in total. The van der Waals surface area contributed by atoms with Crippen molar-refractivity contribution in [2.24, 2.45) is 4.99 Å². The highest BCUT2D eigenvalue weighted by atomic mass is 14.7. The molecule has 0 aliphatic heterocycles. The Labute approximate surface area is 161 Å². The van der Waals surface area contributed by atoms with Crippen molar-refractivity contribution in [3.05, 3.63) is 102 Å². The van der Waals surface area contributed by atoms with Crippen LogP contribution in [-0.2, 0) is 0 Å². The first-order valence-electron chi connectivity index (χ1n) is 9.34. The number of rotatable bonds is 3. The molecule has 0 amide bonds. The molecule has 0 fully saturated rings. The predicted octanol–water partition coefficient (Wildman–Crippen LogP) is 7.26. The van der Waals surface area contributed by atoms with Crippen molar-refractivity contribution in [3.8, 4) is 11.1 Å². The van der Waals surface area contributed by atoms with Gasteiger partial charge >= 0.3 is 0 Å². The van der Waals surface area contributed by atoms with Crippen LogP contribution in [0.3, 0.4) is 0 Å². The zero-order valence-electron chi connectivity index (χ0n) is 16.0. The summed E-state index contributed by atoms with van der Waals surface area (Å²) in [7, 11) is 0. The molecule has 4 aromatic carbocycles. The van der Waals surface area contributed by atoms with Gasteiger partial charge in [-0.15, -0.1) is 0 Å². The molecule has 0 aromatic heterocycles. The fraction of sp³-hybridized carbons (Fsp3) is 0.115. The average Bonchev–Trinajstić information content (AvgIpc) is 2.69. The van der Waals surface area contributed by atoms with Crippen LogP contribution in [0.2, 0.25) is 0 Å². The van der Waals surface area contributed by atoms with Gasteiger partial charge in [0.15, 0.2) is 0 Å². The highest BCUT2D eigenvalue weighted by molar-refractivity contribution is 6.12. The van der Waals surface area contributed by atoms with Gasteiger partial charge < -0.3 is 0 Å². The predicted molar refractivity (Wildman–Crippen MR) is 117 cm³/mol. The molecule has 0 unspecified atom stereocenters. The third kappa shape index (κ3) is 3.29. The summed E-state index contributed by atoms with van der Waals surface area (Å²) in [6.07, 6.45) is 0. The molecular weight excluding hydrogens is 326 g/mol. The first-order chi connectivity index (χ1) is 13.1. The lowest BCUT2D eigenvalue weighted by atomic mass is 9.89. The van der Waals surface area contributed by atoms with Crippen molar-refractivity contribution in [3.63, 3.8) is 0 Å². The lowest BCUT2D eigenvalue weighted by Crippen LogP contribution is -2.00. The molecule has 0 N–H and O–H groups in total. The molecule has 0 aliphatic carbocycles. The van der Waals surface area contributed by atoms with E-state index in [0.717, 1.165) is 11.4 Å². The van der Waals surface area contributed by atoms with Crippen LogP contribution in [0.5, 0.6) is 0 Å². The molecule has 0 saturated heterocycles. The van der Waals surface area contributed by atoms with E-state index in [-0.39, 0.29) is 0 Å². The molecule has 0 atom stereocenters. The summed E-state index contributed by atoms with van der Waals surface area (Å²) < 4.78 is 0. The van der Waals surface area contributed by atoms with Crippen molar-refractivity contribution in [1.29, 1.82) is 0 Å². The summed E-state index contributed by atoms with van der Waals surface area (Å²) in [5.41, 5.74) is 8.25. The minimum atomic E-state index is 1.03. The third-order valence-corrected chi connectivity index (χ3v) is 5.14. The standard InChI is InChI=1S/C26H23N/c1-18-10-4-7-13-22(18)26-23(17-16-21-12-6-8-14-24(21)26)20(3)27-25-15-9-5-11-19(25)2/h4-17H,1-3H3/b27-20+. The second kappa shape index (κ2) is 7.20. The molecule has 4 rings (SSSR count). The average molecular weight is 349 g/mol. The van der Waals surface area contributed by atoms with Crippen molar-refractivity contribution in [2.45, 2.75) is 20.8 Å². The maximum absolute atomic E-state index is 4.97. The van der Waals surface area contributed by atoms with Gasteiger partial charge in [0.2, 0.25) is 0 Å². The van der Waals surface area contributed by atoms with Gasteiger partial charge in [-0.1, -0.05) is 78.9 Å². The van der Waals surface area contributed by atoms with Gasteiger partial charge in [0.05, 0.1) is 5.69 Å². The van der Waals surface area contributed by atoms with Crippen molar-refractivity contribution in [2.75, 3.05) is 0 Å². The third-order valence-electron chi connectivity index (χ3n) is 5.14. The van der Waals surface area contributed by atoms with Crippen molar-refractivity contribution in [1.82, 2.24) is 0 Å². The largest absolute Gasteiger partial charge is 0.253 e. The molecule has 1 heteroatoms. The summed E-state index contributed by atoms with van der Waals surface area (Å²) >= 11 is 0. The van der Waals surface area contributed by atoms with Crippen LogP contribution in [0.1, 0.15) is 23.6 Å². The first kappa shape index (κ1) is 17.2. The Kier molecular flexibility index (Phi) is 4.60. The summed E-state index contributed by atoms with van der Waals surface area (Å²) in [4.78, 5) is 4.97. The number of hydrogen-bond donors (Lipinski definition) is 0. The molecule has 0 saturated carbocycles. The highest BCUT2D eigenvalue weighted by Gasteiger charge is 2.14. The van der Waals surface area contributed by atoms with E-state index in [1.165, 1.54) is 38.6 Å². The number of fused-ring (bicyclic) bond motifs is 1. The molecule has 0 bridgehead atoms. The van der Waals surface area contributed by atoms with Crippen LogP contribution in [-0.4, -0.2) is 5.71 Å². The SMILES string of the molecule is C/C(=N\c1ccccc1C)c1ccc2ccccc2c1-c1ccccc1C. The fourth-order valence-electron chi connectivity index (χ4n) is 3.65. The molecule has 0 spiro atoms. The Balaban J connectivity index is 2.00. The second-order valence-electron chi connectivity index (χ2n) is 7.01. The van der Waals surface area contributed by atoms with Gasteiger partial charge in [0, 0.05) is 11.3 Å². The Bertz CT molecular complexity index is 1150. The minimum absolute atomic E-state index is 1.03. The Morgan fingerprint density at radius 3 is 2.11 bits per heavy atom. The van der Waals surface area contributed by atoms with E-state index in [1.54, 1.807) is 0 Å². The lowest BCUT2D eigenvalue weighted by molar-refractivity contribution is 1.38. The Morgan fingerprint density at radius 2 is 1.33 bits per heavy atom. The van der Waals surface area contributed by atoms with Gasteiger partial charge in [-0.05, 0) is 59.9 Å². The topological polar surface area (TPSA) is 12.4 Å². The van der Waals surface area contributed by atoms with Gasteiger partial charge in [-0.3, -0.25) is 4.99 Å². The van der Waals surface area contributed by atoms with Crippen molar-refractivity contribution >= 4 is 22.2 Å². The van der Waals surface area contributed by atoms with Crippen LogP contribution < -0.4 is 0 Å². The quantitative estimate of drug-likeness (QED) is 0.345. The van der Waals surface area contributed by atoms with Gasteiger partial charge in [-0.25, -0.2) is 0 Å². The highest BCUT2D eigenvalue weighted by Crippen LogP contribution is 2.35. The van der Waals surface area contributed by atoms with Crippen LogP contribution in [0.15, 0.2) is 89.9 Å². The van der Waals surface area contributed by atoms with E-state index < -0.39 is 0 Å². The van der Waals surface area contributed by atoms with E-state index in [4.69, 9.17) is 4.99 Å². The summed E-state index contributed by atoms with van der Waals surface area (Å²) in [5.74, 6) is 0. The van der Waals surface area contributed by atoms with Gasteiger partial charge in [-0.2, -0.15) is 0 Å². The van der Waals surface area contributed by atoms with E-state index in [2.05, 4.69) is 99.6 Å². The normalized spacial score (nSPS) is 11.7. The number of para-hydroxylation sites is 1. The molecule has 0 heterocycles. The Morgan fingerprint density at radius 1 is 0.667 bits per heavy atom. The maximum atomic E-state index is 4.97. The number of benzene rings is 4. The van der Waals surface area contributed by atoms with Gasteiger partial charge in [0.1, 0.15) is 0 Å². The molecule has 0 aliphatic rings. The molecule has 132 valence electrons. The number of aliphatic imine (C=N–C) groups is 1. The van der Waals surface area contributed by atoms with Crippen molar-refractivity contribution < 1.29 is 0 Å². The summed E-state index contributed by atoms with van der Waals surface area (Å²) in [6.45, 7) is 6.39. The molecular formula is C26H23N. The second-order valence-corrected chi connectivity index (χ2v) is 7.01.